The van der Waals surface area contributed by atoms with E-state index in [-0.39, 0.29) is 0 Å². The Kier molecular flexibility index (Phi) is 1.65. The van der Waals surface area contributed by atoms with Crippen molar-refractivity contribution in [2.75, 3.05) is 6.61 Å². The fourth-order valence-corrected chi connectivity index (χ4v) is 1.33. The quantitative estimate of drug-likeness (QED) is 0.491. The van der Waals surface area contributed by atoms with E-state index in [1.54, 1.807) is 0 Å². The molecule has 0 spiro atoms. The lowest BCUT2D eigenvalue weighted by Gasteiger charge is -1.98. The molecule has 1 aromatic carbocycles. The van der Waals surface area contributed by atoms with E-state index < -0.39 is 16.4 Å². The SMILES string of the molecule is O=[N+]([O-])c1cc2c(cc1F)OCC2. The van der Waals surface area contributed by atoms with Crippen molar-refractivity contribution >= 4 is 5.69 Å². The number of ether oxygens (including phenoxy) is 1. The largest absolute Gasteiger partial charge is 0.493 e. The minimum Gasteiger partial charge on any atom is -0.493 e. The van der Waals surface area contributed by atoms with E-state index in [2.05, 4.69) is 0 Å². The summed E-state index contributed by atoms with van der Waals surface area (Å²) in [4.78, 5) is 9.62. The molecule has 1 heterocycles. The van der Waals surface area contributed by atoms with E-state index in [9.17, 15) is 14.5 Å². The molecule has 1 aliphatic rings. The lowest BCUT2D eigenvalue weighted by Crippen LogP contribution is -1.93. The minimum absolute atomic E-state index is 0.420. The molecule has 0 N–H and O–H groups in total. The first-order valence-corrected chi connectivity index (χ1v) is 3.78. The van der Waals surface area contributed by atoms with Gasteiger partial charge in [-0.3, -0.25) is 10.1 Å². The number of nitro benzene ring substituents is 1. The predicted octanol–water partition coefficient (Wildman–Crippen LogP) is 1.67. The number of hydrogen-bond donors (Lipinski definition) is 0. The average Bonchev–Trinajstić information content (AvgIpc) is 2.48. The molecular formula is C8H6FNO3. The number of nitro groups is 1. The predicted molar refractivity (Wildman–Crippen MR) is 42.3 cm³/mol. The van der Waals surface area contributed by atoms with Crippen LogP contribution < -0.4 is 4.74 Å². The maximum Gasteiger partial charge on any atom is 0.305 e. The van der Waals surface area contributed by atoms with Crippen LogP contribution in [0.15, 0.2) is 12.1 Å². The molecule has 0 saturated carbocycles. The van der Waals surface area contributed by atoms with Gasteiger partial charge in [-0.2, -0.15) is 4.39 Å². The Labute approximate surface area is 73.1 Å². The Balaban J connectivity index is 2.55. The normalized spacial score (nSPS) is 13.6. The maximum absolute atomic E-state index is 13.0. The second kappa shape index (κ2) is 2.69. The van der Waals surface area contributed by atoms with Crippen molar-refractivity contribution in [3.05, 3.63) is 33.6 Å². The van der Waals surface area contributed by atoms with Crippen molar-refractivity contribution in [2.24, 2.45) is 0 Å². The van der Waals surface area contributed by atoms with Gasteiger partial charge in [-0.25, -0.2) is 0 Å². The fraction of sp³-hybridized carbons (Fsp3) is 0.250. The van der Waals surface area contributed by atoms with Crippen LogP contribution in [0.2, 0.25) is 0 Å². The topological polar surface area (TPSA) is 52.4 Å². The molecule has 0 atom stereocenters. The summed E-state index contributed by atoms with van der Waals surface area (Å²) in [6, 6.07) is 2.30. The van der Waals surface area contributed by atoms with E-state index in [4.69, 9.17) is 4.74 Å². The highest BCUT2D eigenvalue weighted by atomic mass is 19.1. The van der Waals surface area contributed by atoms with Crippen LogP contribution in [0.25, 0.3) is 0 Å². The van der Waals surface area contributed by atoms with Crippen LogP contribution >= 0.6 is 0 Å². The summed E-state index contributed by atoms with van der Waals surface area (Å²) < 4.78 is 18.0. The van der Waals surface area contributed by atoms with Gasteiger partial charge >= 0.3 is 5.69 Å². The van der Waals surface area contributed by atoms with Gasteiger partial charge in [0.05, 0.1) is 11.5 Å². The molecule has 0 unspecified atom stereocenters. The highest BCUT2D eigenvalue weighted by molar-refractivity contribution is 5.46. The van der Waals surface area contributed by atoms with Crippen LogP contribution in [-0.2, 0) is 6.42 Å². The summed E-state index contributed by atoms with van der Waals surface area (Å²) in [5.74, 6) is -0.422. The number of fused-ring (bicyclic) bond motifs is 1. The zero-order valence-electron chi connectivity index (χ0n) is 6.62. The summed E-state index contributed by atoms with van der Waals surface area (Å²) in [6.45, 7) is 0.468. The summed E-state index contributed by atoms with van der Waals surface area (Å²) in [5.41, 5.74) is 0.220. The number of benzene rings is 1. The van der Waals surface area contributed by atoms with Gasteiger partial charge in [-0.05, 0) is 0 Å². The maximum atomic E-state index is 13.0. The van der Waals surface area contributed by atoms with Crippen molar-refractivity contribution in [1.29, 1.82) is 0 Å². The first-order chi connectivity index (χ1) is 6.18. The fourth-order valence-electron chi connectivity index (χ4n) is 1.33. The van der Waals surface area contributed by atoms with Gasteiger partial charge in [0.2, 0.25) is 5.82 Å². The molecule has 68 valence electrons. The molecule has 1 aromatic rings. The van der Waals surface area contributed by atoms with Crippen LogP contribution in [-0.4, -0.2) is 11.5 Å². The van der Waals surface area contributed by atoms with Crippen molar-refractivity contribution < 1.29 is 14.1 Å². The third-order valence-corrected chi connectivity index (χ3v) is 1.96. The highest BCUT2D eigenvalue weighted by Gasteiger charge is 2.21. The molecular weight excluding hydrogens is 177 g/mol. The van der Waals surface area contributed by atoms with Gasteiger partial charge in [0, 0.05) is 24.1 Å². The van der Waals surface area contributed by atoms with Crippen LogP contribution in [0.3, 0.4) is 0 Å². The zero-order chi connectivity index (χ0) is 9.42. The summed E-state index contributed by atoms with van der Waals surface area (Å²) in [7, 11) is 0. The highest BCUT2D eigenvalue weighted by Crippen LogP contribution is 2.31. The first-order valence-electron chi connectivity index (χ1n) is 3.78. The van der Waals surface area contributed by atoms with Crippen LogP contribution in [0.1, 0.15) is 5.56 Å². The molecule has 1 aliphatic heterocycles. The van der Waals surface area contributed by atoms with Gasteiger partial charge in [0.1, 0.15) is 5.75 Å². The molecule has 0 aromatic heterocycles. The van der Waals surface area contributed by atoms with E-state index in [0.717, 1.165) is 6.07 Å². The Morgan fingerprint density at radius 1 is 1.54 bits per heavy atom. The molecule has 0 amide bonds. The van der Waals surface area contributed by atoms with Gasteiger partial charge in [-0.15, -0.1) is 0 Å². The Bertz CT molecular complexity index is 378. The summed E-state index contributed by atoms with van der Waals surface area (Å²) in [5, 5.41) is 10.3. The third-order valence-electron chi connectivity index (χ3n) is 1.96. The zero-order valence-corrected chi connectivity index (χ0v) is 6.62. The number of rotatable bonds is 1. The lowest BCUT2D eigenvalue weighted by atomic mass is 10.1. The number of halogens is 1. The smallest absolute Gasteiger partial charge is 0.305 e. The third kappa shape index (κ3) is 1.22. The number of nitrogens with zero attached hydrogens (tertiary/aromatic N) is 1. The molecule has 2 rings (SSSR count). The van der Waals surface area contributed by atoms with Gasteiger partial charge in [0.15, 0.2) is 0 Å². The van der Waals surface area contributed by atoms with Crippen molar-refractivity contribution in [3.8, 4) is 5.75 Å². The number of hydrogen-bond acceptors (Lipinski definition) is 3. The van der Waals surface area contributed by atoms with E-state index in [0.29, 0.717) is 24.3 Å². The van der Waals surface area contributed by atoms with Crippen molar-refractivity contribution in [2.45, 2.75) is 6.42 Å². The van der Waals surface area contributed by atoms with E-state index >= 15 is 0 Å². The van der Waals surface area contributed by atoms with Gasteiger partial charge in [-0.1, -0.05) is 0 Å². The second-order valence-corrected chi connectivity index (χ2v) is 2.77. The molecule has 4 nitrogen and oxygen atoms in total. The standard InChI is InChI=1S/C8H6FNO3/c9-6-4-8-5(1-2-13-8)3-7(6)10(11)12/h3-4H,1-2H2. The molecule has 0 fully saturated rings. The van der Waals surface area contributed by atoms with Gasteiger partial charge < -0.3 is 4.74 Å². The molecule has 5 heteroatoms. The molecule has 0 bridgehead atoms. The first kappa shape index (κ1) is 7.97. The van der Waals surface area contributed by atoms with Gasteiger partial charge in [0.25, 0.3) is 0 Å². The second-order valence-electron chi connectivity index (χ2n) is 2.77. The Morgan fingerprint density at radius 3 is 3.00 bits per heavy atom. The van der Waals surface area contributed by atoms with Crippen LogP contribution in [0, 0.1) is 15.9 Å². The minimum atomic E-state index is -0.842. The molecule has 13 heavy (non-hydrogen) atoms. The molecule has 0 radical (unpaired) electrons. The van der Waals surface area contributed by atoms with E-state index in [1.807, 2.05) is 0 Å². The Morgan fingerprint density at radius 2 is 2.31 bits per heavy atom. The Hall–Kier alpha value is -1.65. The molecule has 0 saturated heterocycles. The van der Waals surface area contributed by atoms with Crippen LogP contribution in [0.4, 0.5) is 10.1 Å². The lowest BCUT2D eigenvalue weighted by molar-refractivity contribution is -0.387. The van der Waals surface area contributed by atoms with Crippen molar-refractivity contribution in [3.63, 3.8) is 0 Å². The summed E-state index contributed by atoms with van der Waals surface area (Å²) >= 11 is 0. The van der Waals surface area contributed by atoms with E-state index in [1.165, 1.54) is 6.07 Å². The average molecular weight is 183 g/mol. The monoisotopic (exact) mass is 183 g/mol. The van der Waals surface area contributed by atoms with Crippen LogP contribution in [0.5, 0.6) is 5.75 Å². The van der Waals surface area contributed by atoms with Crippen molar-refractivity contribution in [1.82, 2.24) is 0 Å². The summed E-state index contributed by atoms with van der Waals surface area (Å²) in [6.07, 6.45) is 0.608. The molecule has 0 aliphatic carbocycles.